The van der Waals surface area contributed by atoms with Crippen LogP contribution >= 0.6 is 0 Å². The molecule has 0 radical (unpaired) electrons. The SMILES string of the molecule is C=C/C1=C(\C=C)N(N)C(=O)c2ccccc2CC1. The van der Waals surface area contributed by atoms with Crippen molar-refractivity contribution < 1.29 is 4.79 Å². The van der Waals surface area contributed by atoms with Gasteiger partial charge in [-0.05, 0) is 36.1 Å². The maximum absolute atomic E-state index is 12.3. The maximum atomic E-state index is 12.3. The molecular formula is C15H16N2O. The van der Waals surface area contributed by atoms with Gasteiger partial charge in [-0.15, -0.1) is 0 Å². The number of carbonyl (C=O) groups is 1. The third-order valence-electron chi connectivity index (χ3n) is 3.16. The molecule has 0 saturated heterocycles. The van der Waals surface area contributed by atoms with E-state index in [2.05, 4.69) is 13.2 Å². The molecule has 0 atom stereocenters. The molecule has 1 aromatic rings. The summed E-state index contributed by atoms with van der Waals surface area (Å²) in [7, 11) is 0. The number of hydrogen-bond donors (Lipinski definition) is 1. The molecule has 0 aromatic heterocycles. The number of nitrogens with zero attached hydrogens (tertiary/aromatic N) is 1. The first-order chi connectivity index (χ1) is 8.69. The van der Waals surface area contributed by atoms with Gasteiger partial charge in [0.15, 0.2) is 0 Å². The van der Waals surface area contributed by atoms with Crippen LogP contribution in [0.25, 0.3) is 0 Å². The van der Waals surface area contributed by atoms with Crippen LogP contribution in [0.5, 0.6) is 0 Å². The van der Waals surface area contributed by atoms with Crippen LogP contribution in [0, 0.1) is 0 Å². The van der Waals surface area contributed by atoms with Gasteiger partial charge in [0.1, 0.15) is 0 Å². The van der Waals surface area contributed by atoms with E-state index in [4.69, 9.17) is 5.84 Å². The Balaban J connectivity index is 2.55. The number of rotatable bonds is 2. The molecule has 0 saturated carbocycles. The normalized spacial score (nSPS) is 19.8. The van der Waals surface area contributed by atoms with Crippen LogP contribution in [-0.4, -0.2) is 10.9 Å². The summed E-state index contributed by atoms with van der Waals surface area (Å²) >= 11 is 0. The van der Waals surface area contributed by atoms with Crippen molar-refractivity contribution in [2.24, 2.45) is 5.84 Å². The Morgan fingerprint density at radius 3 is 2.56 bits per heavy atom. The fraction of sp³-hybridized carbons (Fsp3) is 0.133. The van der Waals surface area contributed by atoms with Crippen molar-refractivity contribution >= 4 is 5.91 Å². The zero-order valence-corrected chi connectivity index (χ0v) is 10.2. The van der Waals surface area contributed by atoms with E-state index >= 15 is 0 Å². The molecule has 92 valence electrons. The monoisotopic (exact) mass is 240 g/mol. The van der Waals surface area contributed by atoms with E-state index < -0.39 is 0 Å². The van der Waals surface area contributed by atoms with E-state index in [0.717, 1.165) is 29.0 Å². The van der Waals surface area contributed by atoms with Crippen LogP contribution in [0.2, 0.25) is 0 Å². The standard InChI is InChI=1S/C15H16N2O/c1-3-11-9-10-12-7-5-6-8-13(12)15(18)17(16)14(11)4-2/h3-8H,1-2,9-10,16H2/b14-11-. The summed E-state index contributed by atoms with van der Waals surface area (Å²) in [5, 5.41) is 1.15. The topological polar surface area (TPSA) is 46.3 Å². The Bertz CT molecular complexity index is 543. The summed E-state index contributed by atoms with van der Waals surface area (Å²) in [6.45, 7) is 7.49. The molecule has 1 amide bonds. The maximum Gasteiger partial charge on any atom is 0.272 e. The van der Waals surface area contributed by atoms with Crippen molar-refractivity contribution in [2.45, 2.75) is 12.8 Å². The van der Waals surface area contributed by atoms with E-state index in [-0.39, 0.29) is 5.91 Å². The smallest absolute Gasteiger partial charge is 0.267 e. The molecule has 1 heterocycles. The van der Waals surface area contributed by atoms with Gasteiger partial charge < -0.3 is 0 Å². The highest BCUT2D eigenvalue weighted by Gasteiger charge is 2.22. The largest absolute Gasteiger partial charge is 0.272 e. The molecule has 3 nitrogen and oxygen atoms in total. The second-order valence-corrected chi connectivity index (χ2v) is 4.15. The van der Waals surface area contributed by atoms with Crippen LogP contribution < -0.4 is 5.84 Å². The second kappa shape index (κ2) is 5.02. The molecule has 0 aliphatic carbocycles. The van der Waals surface area contributed by atoms with Crippen molar-refractivity contribution in [3.05, 3.63) is 72.0 Å². The number of hydrogen-bond acceptors (Lipinski definition) is 2. The zero-order valence-electron chi connectivity index (χ0n) is 10.2. The van der Waals surface area contributed by atoms with Crippen molar-refractivity contribution in [3.8, 4) is 0 Å². The number of carbonyl (C=O) groups excluding carboxylic acids is 1. The van der Waals surface area contributed by atoms with Gasteiger partial charge in [0.25, 0.3) is 5.91 Å². The number of amides is 1. The molecule has 1 aliphatic heterocycles. The molecule has 0 bridgehead atoms. The lowest BCUT2D eigenvalue weighted by Crippen LogP contribution is -2.38. The Kier molecular flexibility index (Phi) is 3.44. The molecule has 18 heavy (non-hydrogen) atoms. The van der Waals surface area contributed by atoms with Crippen molar-refractivity contribution in [2.75, 3.05) is 0 Å². The molecule has 2 rings (SSSR count). The van der Waals surface area contributed by atoms with E-state index in [0.29, 0.717) is 11.3 Å². The number of nitrogens with two attached hydrogens (primary N) is 1. The Labute approximate surface area is 107 Å². The van der Waals surface area contributed by atoms with Crippen LogP contribution in [0.4, 0.5) is 0 Å². The number of benzene rings is 1. The first-order valence-corrected chi connectivity index (χ1v) is 5.84. The molecular weight excluding hydrogens is 224 g/mol. The highest BCUT2D eigenvalue weighted by Crippen LogP contribution is 2.24. The Morgan fingerprint density at radius 1 is 1.17 bits per heavy atom. The Morgan fingerprint density at radius 2 is 1.89 bits per heavy atom. The summed E-state index contributed by atoms with van der Waals surface area (Å²) < 4.78 is 0. The lowest BCUT2D eigenvalue weighted by molar-refractivity contribution is 0.0807. The van der Waals surface area contributed by atoms with Gasteiger partial charge in [-0.1, -0.05) is 37.4 Å². The number of fused-ring (bicyclic) bond motifs is 1. The number of aryl methyl sites for hydroxylation is 1. The quantitative estimate of drug-likeness (QED) is 0.638. The fourth-order valence-corrected chi connectivity index (χ4v) is 2.17. The lowest BCUT2D eigenvalue weighted by atomic mass is 9.95. The summed E-state index contributed by atoms with van der Waals surface area (Å²) in [6.07, 6.45) is 4.93. The van der Waals surface area contributed by atoms with E-state index in [9.17, 15) is 4.79 Å². The van der Waals surface area contributed by atoms with Crippen molar-refractivity contribution in [3.63, 3.8) is 0 Å². The molecule has 0 fully saturated rings. The van der Waals surface area contributed by atoms with Crippen LogP contribution in [0.3, 0.4) is 0 Å². The molecule has 1 aromatic carbocycles. The van der Waals surface area contributed by atoms with Crippen molar-refractivity contribution in [1.82, 2.24) is 5.01 Å². The minimum atomic E-state index is -0.209. The lowest BCUT2D eigenvalue weighted by Gasteiger charge is -2.24. The van der Waals surface area contributed by atoms with Crippen LogP contribution in [0.1, 0.15) is 22.3 Å². The third-order valence-corrected chi connectivity index (χ3v) is 3.16. The first kappa shape index (κ1) is 12.3. The fourth-order valence-electron chi connectivity index (χ4n) is 2.17. The van der Waals surface area contributed by atoms with Gasteiger partial charge >= 0.3 is 0 Å². The zero-order chi connectivity index (χ0) is 13.1. The van der Waals surface area contributed by atoms with Gasteiger partial charge in [-0.3, -0.25) is 4.79 Å². The van der Waals surface area contributed by atoms with Gasteiger partial charge in [-0.2, -0.15) is 0 Å². The first-order valence-electron chi connectivity index (χ1n) is 5.84. The predicted octanol–water partition coefficient (Wildman–Crippen LogP) is 2.57. The highest BCUT2D eigenvalue weighted by molar-refractivity contribution is 5.97. The third kappa shape index (κ3) is 2.00. The predicted molar refractivity (Wildman–Crippen MR) is 72.5 cm³/mol. The van der Waals surface area contributed by atoms with Gasteiger partial charge in [0.05, 0.1) is 5.70 Å². The molecule has 1 aliphatic rings. The number of allylic oxidation sites excluding steroid dienone is 3. The van der Waals surface area contributed by atoms with Crippen LogP contribution in [-0.2, 0) is 6.42 Å². The average Bonchev–Trinajstić information content (AvgIpc) is 2.41. The summed E-state index contributed by atoms with van der Waals surface area (Å²) in [6, 6.07) is 7.54. The second-order valence-electron chi connectivity index (χ2n) is 4.15. The molecule has 0 spiro atoms. The average molecular weight is 240 g/mol. The summed E-state index contributed by atoms with van der Waals surface area (Å²) in [4.78, 5) is 12.3. The van der Waals surface area contributed by atoms with E-state index in [1.165, 1.54) is 0 Å². The molecule has 0 unspecified atom stereocenters. The van der Waals surface area contributed by atoms with Gasteiger partial charge in [0.2, 0.25) is 0 Å². The molecule has 3 heteroatoms. The van der Waals surface area contributed by atoms with Gasteiger partial charge in [-0.25, -0.2) is 10.9 Å². The van der Waals surface area contributed by atoms with Crippen LogP contribution in [0.15, 0.2) is 60.8 Å². The summed E-state index contributed by atoms with van der Waals surface area (Å²) in [5.41, 5.74) is 3.24. The molecule has 2 N–H and O–H groups in total. The number of hydrazine groups is 1. The minimum absolute atomic E-state index is 0.209. The van der Waals surface area contributed by atoms with E-state index in [1.54, 1.807) is 18.2 Å². The Hall–Kier alpha value is -2.13. The highest BCUT2D eigenvalue weighted by atomic mass is 16.2. The summed E-state index contributed by atoms with van der Waals surface area (Å²) in [5.74, 6) is 5.68. The van der Waals surface area contributed by atoms with Gasteiger partial charge in [0, 0.05) is 5.56 Å². The van der Waals surface area contributed by atoms with E-state index in [1.807, 2.05) is 18.2 Å². The minimum Gasteiger partial charge on any atom is -0.267 e. The van der Waals surface area contributed by atoms with Crippen molar-refractivity contribution in [1.29, 1.82) is 0 Å².